The molecule has 4 rings (SSSR count). The molecular formula is C27H29NO3S. The standard InChI is InChI=1S/C27H29NO3S/c1-30-18-9-17-28(21-25-14-8-19-32-25)20-24-15-16-26(31-24)27(29,22-10-4-2-5-11-22)23-12-6-3-7-13-23/h2-8,10-16,19,29H,9,17-18,20-21H2,1H3. The first-order chi connectivity index (χ1) is 15.7. The maximum Gasteiger partial charge on any atom is 0.173 e. The normalized spacial score (nSPS) is 11.8. The van der Waals surface area contributed by atoms with Gasteiger partial charge in [0.05, 0.1) is 6.54 Å². The molecule has 0 radical (unpaired) electrons. The van der Waals surface area contributed by atoms with Crippen LogP contribution in [0.3, 0.4) is 0 Å². The van der Waals surface area contributed by atoms with Crippen molar-refractivity contribution in [2.24, 2.45) is 0 Å². The highest BCUT2D eigenvalue weighted by molar-refractivity contribution is 7.09. The molecule has 0 atom stereocenters. The monoisotopic (exact) mass is 447 g/mol. The van der Waals surface area contributed by atoms with E-state index in [1.165, 1.54) is 4.88 Å². The average Bonchev–Trinajstić information content (AvgIpc) is 3.52. The fourth-order valence-electron chi connectivity index (χ4n) is 3.96. The molecule has 0 aliphatic heterocycles. The highest BCUT2D eigenvalue weighted by Gasteiger charge is 2.37. The van der Waals surface area contributed by atoms with E-state index in [2.05, 4.69) is 22.4 Å². The molecular weight excluding hydrogens is 418 g/mol. The Kier molecular flexibility index (Phi) is 7.55. The zero-order chi connectivity index (χ0) is 22.2. The predicted molar refractivity (Wildman–Crippen MR) is 129 cm³/mol. The number of hydrogen-bond donors (Lipinski definition) is 1. The Bertz CT molecular complexity index is 1020. The van der Waals surface area contributed by atoms with Crippen LogP contribution in [0.5, 0.6) is 0 Å². The van der Waals surface area contributed by atoms with Crippen molar-refractivity contribution < 1.29 is 14.3 Å². The van der Waals surface area contributed by atoms with Crippen molar-refractivity contribution in [1.82, 2.24) is 4.90 Å². The molecule has 0 saturated heterocycles. The number of thiophene rings is 1. The lowest BCUT2D eigenvalue weighted by atomic mass is 9.84. The molecule has 1 N–H and O–H groups in total. The number of benzene rings is 2. The summed E-state index contributed by atoms with van der Waals surface area (Å²) in [6.45, 7) is 3.16. The largest absolute Gasteiger partial charge is 0.461 e. The Balaban J connectivity index is 1.60. The molecule has 32 heavy (non-hydrogen) atoms. The van der Waals surface area contributed by atoms with Crippen molar-refractivity contribution in [2.75, 3.05) is 20.3 Å². The summed E-state index contributed by atoms with van der Waals surface area (Å²) in [7, 11) is 1.73. The molecule has 2 heterocycles. The molecule has 4 nitrogen and oxygen atoms in total. The Morgan fingerprint density at radius 3 is 2.16 bits per heavy atom. The van der Waals surface area contributed by atoms with Crippen molar-refractivity contribution in [3.05, 3.63) is 118 Å². The minimum absolute atomic E-state index is 0.526. The lowest BCUT2D eigenvalue weighted by molar-refractivity contribution is 0.0948. The topological polar surface area (TPSA) is 45.8 Å². The van der Waals surface area contributed by atoms with Crippen LogP contribution in [-0.4, -0.2) is 30.3 Å². The zero-order valence-corrected chi connectivity index (χ0v) is 19.1. The lowest BCUT2D eigenvalue weighted by Crippen LogP contribution is -2.28. The van der Waals surface area contributed by atoms with E-state index in [9.17, 15) is 5.11 Å². The van der Waals surface area contributed by atoms with Crippen molar-refractivity contribution in [1.29, 1.82) is 0 Å². The minimum atomic E-state index is -1.35. The SMILES string of the molecule is COCCCN(Cc1ccc(C(O)(c2ccccc2)c2ccccc2)o1)Cc1cccs1. The van der Waals surface area contributed by atoms with E-state index >= 15 is 0 Å². The molecule has 0 spiro atoms. The first kappa shape index (κ1) is 22.5. The van der Waals surface area contributed by atoms with Crippen molar-refractivity contribution in [3.63, 3.8) is 0 Å². The molecule has 2 aromatic carbocycles. The maximum atomic E-state index is 11.9. The van der Waals surface area contributed by atoms with Crippen LogP contribution < -0.4 is 0 Å². The van der Waals surface area contributed by atoms with Crippen molar-refractivity contribution in [2.45, 2.75) is 25.1 Å². The Morgan fingerprint density at radius 2 is 1.56 bits per heavy atom. The van der Waals surface area contributed by atoms with E-state index in [-0.39, 0.29) is 0 Å². The predicted octanol–water partition coefficient (Wildman–Crippen LogP) is 5.66. The van der Waals surface area contributed by atoms with E-state index in [0.29, 0.717) is 12.3 Å². The third kappa shape index (κ3) is 5.19. The van der Waals surface area contributed by atoms with E-state index < -0.39 is 5.60 Å². The Labute approximate surface area is 193 Å². The fourth-order valence-corrected chi connectivity index (χ4v) is 4.70. The summed E-state index contributed by atoms with van der Waals surface area (Å²) in [6, 6.07) is 27.5. The second kappa shape index (κ2) is 10.7. The summed E-state index contributed by atoms with van der Waals surface area (Å²) < 4.78 is 11.5. The van der Waals surface area contributed by atoms with Gasteiger partial charge in [-0.1, -0.05) is 66.7 Å². The second-order valence-electron chi connectivity index (χ2n) is 7.84. The number of nitrogens with zero attached hydrogens (tertiary/aromatic N) is 1. The molecule has 0 bridgehead atoms. The van der Waals surface area contributed by atoms with Crippen LogP contribution in [-0.2, 0) is 23.4 Å². The summed E-state index contributed by atoms with van der Waals surface area (Å²) in [5.41, 5.74) is 0.209. The summed E-state index contributed by atoms with van der Waals surface area (Å²) >= 11 is 1.76. The van der Waals surface area contributed by atoms with Gasteiger partial charge in [-0.15, -0.1) is 11.3 Å². The smallest absolute Gasteiger partial charge is 0.173 e. The van der Waals surface area contributed by atoms with Gasteiger partial charge in [-0.05, 0) is 41.1 Å². The number of rotatable bonds is 11. The molecule has 2 aromatic heterocycles. The molecule has 166 valence electrons. The summed E-state index contributed by atoms with van der Waals surface area (Å²) in [6.07, 6.45) is 0.952. The molecule has 0 unspecified atom stereocenters. The molecule has 0 aliphatic carbocycles. The molecule has 0 amide bonds. The Hall–Kier alpha value is -2.70. The van der Waals surface area contributed by atoms with Gasteiger partial charge in [0, 0.05) is 31.7 Å². The van der Waals surface area contributed by atoms with Gasteiger partial charge in [-0.3, -0.25) is 4.90 Å². The summed E-state index contributed by atoms with van der Waals surface area (Å²) in [5.74, 6) is 1.36. The summed E-state index contributed by atoms with van der Waals surface area (Å²) in [5, 5.41) is 14.0. The second-order valence-corrected chi connectivity index (χ2v) is 8.88. The van der Waals surface area contributed by atoms with Crippen molar-refractivity contribution in [3.8, 4) is 0 Å². The van der Waals surface area contributed by atoms with Crippen LogP contribution in [0, 0.1) is 0 Å². The van der Waals surface area contributed by atoms with Crippen LogP contribution in [0.4, 0.5) is 0 Å². The quantitative estimate of drug-likeness (QED) is 0.301. The first-order valence-electron chi connectivity index (χ1n) is 10.9. The molecule has 0 fully saturated rings. The average molecular weight is 448 g/mol. The number of methoxy groups -OCH3 is 1. The van der Waals surface area contributed by atoms with Gasteiger partial charge in [-0.2, -0.15) is 0 Å². The van der Waals surface area contributed by atoms with Gasteiger partial charge in [-0.25, -0.2) is 0 Å². The third-order valence-corrected chi connectivity index (χ3v) is 6.42. The van der Waals surface area contributed by atoms with E-state index in [1.54, 1.807) is 18.4 Å². The lowest BCUT2D eigenvalue weighted by Gasteiger charge is -2.27. The van der Waals surface area contributed by atoms with E-state index in [0.717, 1.165) is 43.0 Å². The maximum absolute atomic E-state index is 11.9. The first-order valence-corrected chi connectivity index (χ1v) is 11.7. The zero-order valence-electron chi connectivity index (χ0n) is 18.3. The molecule has 0 saturated carbocycles. The van der Waals surface area contributed by atoms with Crippen LogP contribution in [0.25, 0.3) is 0 Å². The van der Waals surface area contributed by atoms with Gasteiger partial charge < -0.3 is 14.3 Å². The third-order valence-electron chi connectivity index (χ3n) is 5.56. The van der Waals surface area contributed by atoms with Gasteiger partial charge >= 0.3 is 0 Å². The van der Waals surface area contributed by atoms with Crippen LogP contribution in [0.2, 0.25) is 0 Å². The molecule has 5 heteroatoms. The fraction of sp³-hybridized carbons (Fsp3) is 0.259. The van der Waals surface area contributed by atoms with Crippen molar-refractivity contribution >= 4 is 11.3 Å². The number of hydrogen-bond acceptors (Lipinski definition) is 5. The highest BCUT2D eigenvalue weighted by Crippen LogP contribution is 2.37. The number of aliphatic hydroxyl groups is 1. The van der Waals surface area contributed by atoms with E-state index in [1.807, 2.05) is 72.8 Å². The minimum Gasteiger partial charge on any atom is -0.461 e. The molecule has 0 aliphatic rings. The number of ether oxygens (including phenoxy) is 1. The van der Waals surface area contributed by atoms with Gasteiger partial charge in [0.25, 0.3) is 0 Å². The summed E-state index contributed by atoms with van der Waals surface area (Å²) in [4.78, 5) is 3.68. The Morgan fingerprint density at radius 1 is 0.875 bits per heavy atom. The number of furan rings is 1. The van der Waals surface area contributed by atoms with Gasteiger partial charge in [0.15, 0.2) is 5.60 Å². The molecule has 4 aromatic rings. The van der Waals surface area contributed by atoms with E-state index in [4.69, 9.17) is 9.15 Å². The van der Waals surface area contributed by atoms with Crippen LogP contribution >= 0.6 is 11.3 Å². The van der Waals surface area contributed by atoms with Crippen LogP contribution in [0.15, 0.2) is 94.7 Å². The van der Waals surface area contributed by atoms with Gasteiger partial charge in [0.1, 0.15) is 11.5 Å². The van der Waals surface area contributed by atoms with Gasteiger partial charge in [0.2, 0.25) is 0 Å². The highest BCUT2D eigenvalue weighted by atomic mass is 32.1. The van der Waals surface area contributed by atoms with Crippen LogP contribution in [0.1, 0.15) is 33.9 Å².